The second-order valence-electron chi connectivity index (χ2n) is 7.36. The van der Waals surface area contributed by atoms with E-state index in [2.05, 4.69) is 9.72 Å². The number of nitrogens with zero attached hydrogens (tertiary/aromatic N) is 4. The molecule has 3 heterocycles. The third-order valence-electron chi connectivity index (χ3n) is 5.23. The molecular weight excluding hydrogens is 429 g/mol. The quantitative estimate of drug-likeness (QED) is 0.605. The van der Waals surface area contributed by atoms with E-state index in [0.717, 1.165) is 0 Å². The van der Waals surface area contributed by atoms with Crippen LogP contribution in [0.15, 0.2) is 53.7 Å². The summed E-state index contributed by atoms with van der Waals surface area (Å²) in [6, 6.07) is 5.07. The number of rotatable bonds is 5. The first-order valence-corrected chi connectivity index (χ1v) is 9.66. The number of amides is 1. The second kappa shape index (κ2) is 8.15. The van der Waals surface area contributed by atoms with Crippen molar-refractivity contribution in [3.63, 3.8) is 0 Å². The number of carbonyl (C=O) groups excluding carboxylic acids is 1. The largest absolute Gasteiger partial charge is 0.573 e. The van der Waals surface area contributed by atoms with Crippen molar-refractivity contribution in [1.29, 1.82) is 0 Å². The van der Waals surface area contributed by atoms with Crippen LogP contribution < -0.4 is 10.3 Å². The van der Waals surface area contributed by atoms with E-state index in [4.69, 9.17) is 5.11 Å². The van der Waals surface area contributed by atoms with Crippen molar-refractivity contribution in [2.24, 2.45) is 7.05 Å². The zero-order valence-corrected chi connectivity index (χ0v) is 16.9. The van der Waals surface area contributed by atoms with Gasteiger partial charge < -0.3 is 23.9 Å². The van der Waals surface area contributed by atoms with E-state index in [1.54, 1.807) is 22.7 Å². The molecule has 0 radical (unpaired) electrons. The van der Waals surface area contributed by atoms with Gasteiger partial charge in [0, 0.05) is 38.0 Å². The molecule has 1 saturated heterocycles. The summed E-state index contributed by atoms with van der Waals surface area (Å²) in [6.07, 6.45) is 0.945. The summed E-state index contributed by atoms with van der Waals surface area (Å²) in [7, 11) is 1.68. The number of imidazole rings is 1. The summed E-state index contributed by atoms with van der Waals surface area (Å²) in [5, 5.41) is 8.80. The third-order valence-corrected chi connectivity index (χ3v) is 5.23. The minimum absolute atomic E-state index is 0.240. The van der Waals surface area contributed by atoms with E-state index in [1.165, 1.54) is 47.3 Å². The van der Waals surface area contributed by atoms with Crippen LogP contribution in [0.1, 0.15) is 6.04 Å². The maximum Gasteiger partial charge on any atom is 0.573 e. The Balaban J connectivity index is 1.69. The molecule has 0 unspecified atom stereocenters. The molecule has 1 aliphatic heterocycles. The number of hydrogen-bond donors (Lipinski definition) is 1. The maximum absolute atomic E-state index is 13.1. The van der Waals surface area contributed by atoms with E-state index in [9.17, 15) is 22.8 Å². The van der Waals surface area contributed by atoms with Crippen LogP contribution in [0.2, 0.25) is 0 Å². The molecule has 0 bridgehead atoms. The molecule has 2 aromatic heterocycles. The van der Waals surface area contributed by atoms with Gasteiger partial charge in [0.1, 0.15) is 16.8 Å². The first-order chi connectivity index (χ1) is 15.2. The zero-order valence-electron chi connectivity index (χ0n) is 16.9. The number of likely N-dealkylation sites (tertiary alicyclic amines) is 1. The number of aliphatic hydroxyl groups is 1. The number of aromatic nitrogens is 3. The van der Waals surface area contributed by atoms with Gasteiger partial charge in [0.05, 0.1) is 19.0 Å². The van der Waals surface area contributed by atoms with Gasteiger partial charge in [-0.25, -0.2) is 4.98 Å². The van der Waals surface area contributed by atoms with Crippen molar-refractivity contribution in [3.05, 3.63) is 59.3 Å². The number of hydrogen-bond acceptors (Lipinski definition) is 5. The summed E-state index contributed by atoms with van der Waals surface area (Å²) < 4.78 is 44.4. The Morgan fingerprint density at radius 2 is 1.97 bits per heavy atom. The van der Waals surface area contributed by atoms with E-state index < -0.39 is 6.36 Å². The average Bonchev–Trinajstić information content (AvgIpc) is 3.08. The van der Waals surface area contributed by atoms with E-state index in [1.807, 2.05) is 0 Å². The number of benzene rings is 1. The van der Waals surface area contributed by atoms with Crippen LogP contribution in [-0.4, -0.2) is 56.1 Å². The predicted octanol–water partition coefficient (Wildman–Crippen LogP) is 2.23. The molecule has 8 nitrogen and oxygen atoms in total. The number of halogens is 3. The Kier molecular flexibility index (Phi) is 5.51. The van der Waals surface area contributed by atoms with Crippen LogP contribution in [0, 0.1) is 0 Å². The highest BCUT2D eigenvalue weighted by atomic mass is 19.4. The number of alkyl halides is 3. The van der Waals surface area contributed by atoms with Crippen LogP contribution in [-0.2, 0) is 11.8 Å². The molecule has 0 atom stereocenters. The topological polar surface area (TPSA) is 89.6 Å². The summed E-state index contributed by atoms with van der Waals surface area (Å²) in [5.74, 6) is -0.610. The third kappa shape index (κ3) is 4.11. The van der Waals surface area contributed by atoms with Crippen molar-refractivity contribution in [3.8, 4) is 16.9 Å². The molecular formula is C21H19F3N4O4. The van der Waals surface area contributed by atoms with Crippen LogP contribution in [0.3, 0.4) is 0 Å². The highest BCUT2D eigenvalue weighted by Crippen LogP contribution is 2.31. The number of aryl methyl sites for hydroxylation is 1. The summed E-state index contributed by atoms with van der Waals surface area (Å²) >= 11 is 0. The molecule has 32 heavy (non-hydrogen) atoms. The molecule has 4 rings (SSSR count). The van der Waals surface area contributed by atoms with Gasteiger partial charge in [0.15, 0.2) is 0 Å². The lowest BCUT2D eigenvalue weighted by Crippen LogP contribution is -2.52. The van der Waals surface area contributed by atoms with Gasteiger partial charge in [-0.3, -0.25) is 9.59 Å². The molecule has 1 N–H and O–H groups in total. The Bertz CT molecular complexity index is 1240. The molecule has 0 saturated carbocycles. The number of ether oxygens (including phenoxy) is 1. The summed E-state index contributed by atoms with van der Waals surface area (Å²) in [4.78, 5) is 31.0. The summed E-state index contributed by atoms with van der Waals surface area (Å²) in [5.41, 5.74) is 1.64. The van der Waals surface area contributed by atoms with E-state index in [-0.39, 0.29) is 29.9 Å². The summed E-state index contributed by atoms with van der Waals surface area (Å²) in [6.45, 7) is 0.390. The molecule has 11 heteroatoms. The molecule has 0 spiro atoms. The second-order valence-corrected chi connectivity index (χ2v) is 7.36. The fourth-order valence-corrected chi connectivity index (χ4v) is 3.65. The molecule has 0 aliphatic carbocycles. The van der Waals surface area contributed by atoms with Crippen molar-refractivity contribution in [2.45, 2.75) is 12.4 Å². The van der Waals surface area contributed by atoms with Gasteiger partial charge in [-0.05, 0) is 17.7 Å². The maximum atomic E-state index is 13.1. The highest BCUT2D eigenvalue weighted by molar-refractivity contribution is 5.91. The van der Waals surface area contributed by atoms with E-state index >= 15 is 0 Å². The van der Waals surface area contributed by atoms with Crippen molar-refractivity contribution < 1.29 is 27.8 Å². The van der Waals surface area contributed by atoms with Crippen molar-refractivity contribution >= 4 is 16.9 Å². The molecule has 168 valence electrons. The minimum Gasteiger partial charge on any atom is -0.406 e. The smallest absolute Gasteiger partial charge is 0.406 e. The highest BCUT2D eigenvalue weighted by Gasteiger charge is 2.33. The number of aliphatic hydroxyl groups excluding tert-OH is 1. The average molecular weight is 448 g/mol. The number of pyridine rings is 1. The van der Waals surface area contributed by atoms with Gasteiger partial charge >= 0.3 is 6.36 Å². The van der Waals surface area contributed by atoms with Crippen molar-refractivity contribution in [2.75, 3.05) is 19.7 Å². The molecule has 1 aromatic carbocycles. The van der Waals surface area contributed by atoms with Crippen molar-refractivity contribution in [1.82, 2.24) is 19.0 Å². The molecule has 1 aliphatic rings. The fraction of sp³-hybridized carbons (Fsp3) is 0.286. The van der Waals surface area contributed by atoms with Crippen LogP contribution in [0.25, 0.3) is 22.2 Å². The molecule has 1 fully saturated rings. The Morgan fingerprint density at radius 1 is 1.28 bits per heavy atom. The number of fused-ring (bicyclic) bond motifs is 1. The van der Waals surface area contributed by atoms with Gasteiger partial charge in [-0.2, -0.15) is 0 Å². The standard InChI is InChI=1S/C21H19F3N4O4/c1-26-12-25-18-16(13-4-6-15(7-5-13)32-21(22,23)24)11-28(20(31)19(18)26)14-9-27(10-14)17(30)3-2-8-29/h2-7,11-12,14,29H,8-10H2,1H3. The Hall–Kier alpha value is -3.60. The lowest BCUT2D eigenvalue weighted by molar-refractivity contribution is -0.274. The SMILES string of the molecule is Cn1cnc2c(-c3ccc(OC(F)(F)F)cc3)cn(C3CN(C(=O)C=CCO)C3)c(=O)c21. The van der Waals surface area contributed by atoms with Gasteiger partial charge in [-0.15, -0.1) is 13.2 Å². The van der Waals surface area contributed by atoms with Gasteiger partial charge in [0.2, 0.25) is 5.91 Å². The van der Waals surface area contributed by atoms with Crippen LogP contribution in [0.5, 0.6) is 5.75 Å². The predicted molar refractivity (Wildman–Crippen MR) is 109 cm³/mol. The number of carbonyl (C=O) groups is 1. The Labute approximate surface area is 179 Å². The van der Waals surface area contributed by atoms with Gasteiger partial charge in [-0.1, -0.05) is 18.2 Å². The fourth-order valence-electron chi connectivity index (χ4n) is 3.65. The molecule has 3 aromatic rings. The zero-order chi connectivity index (χ0) is 23.0. The first kappa shape index (κ1) is 21.6. The normalized spacial score (nSPS) is 14.8. The Morgan fingerprint density at radius 3 is 2.59 bits per heavy atom. The lowest BCUT2D eigenvalue weighted by Gasteiger charge is -2.39. The monoisotopic (exact) mass is 448 g/mol. The molecule has 1 amide bonds. The van der Waals surface area contributed by atoms with Gasteiger partial charge in [0.25, 0.3) is 5.56 Å². The minimum atomic E-state index is -4.79. The van der Waals surface area contributed by atoms with E-state index in [0.29, 0.717) is 35.2 Å². The lowest BCUT2D eigenvalue weighted by atomic mass is 10.0. The first-order valence-electron chi connectivity index (χ1n) is 9.66. The van der Waals surface area contributed by atoms with Crippen LogP contribution in [0.4, 0.5) is 13.2 Å². The van der Waals surface area contributed by atoms with Crippen LogP contribution >= 0.6 is 0 Å².